The second-order valence-electron chi connectivity index (χ2n) is 5.67. The molecule has 4 atom stereocenters. The van der Waals surface area contributed by atoms with Crippen molar-refractivity contribution in [3.8, 4) is 11.8 Å². The molecule has 3 N–H and O–H groups in total. The Morgan fingerprint density at radius 3 is 2.80 bits per heavy atom. The molecule has 0 aromatic heterocycles. The molecule has 2 aliphatic rings. The quantitative estimate of drug-likeness (QED) is 0.849. The Morgan fingerprint density at radius 2 is 2.15 bits per heavy atom. The van der Waals surface area contributed by atoms with Gasteiger partial charge >= 0.3 is 0 Å². The highest BCUT2D eigenvalue weighted by Crippen LogP contribution is 2.47. The molecule has 0 radical (unpaired) electrons. The third kappa shape index (κ3) is 2.23. The minimum absolute atomic E-state index is 0.130. The average Bonchev–Trinajstić information content (AvgIpc) is 3.11. The van der Waals surface area contributed by atoms with E-state index in [4.69, 9.17) is 11.0 Å². The fourth-order valence-electron chi connectivity index (χ4n) is 3.05. The lowest BCUT2D eigenvalue weighted by atomic mass is 10.0. The van der Waals surface area contributed by atoms with Crippen LogP contribution in [0.25, 0.3) is 0 Å². The lowest BCUT2D eigenvalue weighted by Crippen LogP contribution is -2.48. The van der Waals surface area contributed by atoms with E-state index in [1.54, 1.807) is 29.2 Å². The predicted molar refractivity (Wildman–Crippen MR) is 72.5 cm³/mol. The molecule has 0 spiro atoms. The van der Waals surface area contributed by atoms with Gasteiger partial charge in [-0.15, -0.1) is 0 Å². The Kier molecular flexibility index (Phi) is 3.11. The van der Waals surface area contributed by atoms with Crippen molar-refractivity contribution in [1.82, 2.24) is 4.90 Å². The van der Waals surface area contributed by atoms with Crippen molar-refractivity contribution in [2.75, 3.05) is 0 Å². The van der Waals surface area contributed by atoms with Gasteiger partial charge in [-0.05, 0) is 42.9 Å². The summed E-state index contributed by atoms with van der Waals surface area (Å²) in [4.78, 5) is 14.1. The number of rotatable bonds is 3. The molecular weight excluding hydrogens is 254 g/mol. The molecule has 104 valence electrons. The van der Waals surface area contributed by atoms with E-state index in [0.717, 1.165) is 18.4 Å². The van der Waals surface area contributed by atoms with E-state index in [2.05, 4.69) is 6.07 Å². The highest BCUT2D eigenvalue weighted by Gasteiger charge is 2.54. The Labute approximate surface area is 117 Å². The molecule has 2 fully saturated rings. The van der Waals surface area contributed by atoms with E-state index >= 15 is 0 Å². The number of carbonyl (C=O) groups excluding carboxylic acids is 1. The number of benzene rings is 1. The van der Waals surface area contributed by atoms with Gasteiger partial charge in [0, 0.05) is 6.04 Å². The number of fused-ring (bicyclic) bond motifs is 1. The zero-order valence-electron chi connectivity index (χ0n) is 11.1. The molecule has 1 saturated heterocycles. The van der Waals surface area contributed by atoms with Gasteiger partial charge in [-0.1, -0.05) is 12.1 Å². The number of hydrogen-bond donors (Lipinski definition) is 2. The molecule has 1 aromatic carbocycles. The lowest BCUT2D eigenvalue weighted by molar-refractivity contribution is -0.133. The van der Waals surface area contributed by atoms with Crippen LogP contribution in [0, 0.1) is 17.2 Å². The van der Waals surface area contributed by atoms with Crippen molar-refractivity contribution in [2.45, 2.75) is 37.4 Å². The zero-order valence-corrected chi connectivity index (χ0v) is 11.1. The first-order valence-corrected chi connectivity index (χ1v) is 6.85. The van der Waals surface area contributed by atoms with Gasteiger partial charge in [0.25, 0.3) is 0 Å². The molecular formula is C15H17N3O2. The summed E-state index contributed by atoms with van der Waals surface area (Å²) >= 11 is 0. The summed E-state index contributed by atoms with van der Waals surface area (Å²) in [5.41, 5.74) is 6.91. The molecule has 1 aliphatic carbocycles. The maximum atomic E-state index is 12.4. The normalized spacial score (nSPS) is 28.6. The molecule has 1 heterocycles. The van der Waals surface area contributed by atoms with E-state index in [-0.39, 0.29) is 23.7 Å². The molecule has 1 amide bonds. The summed E-state index contributed by atoms with van der Waals surface area (Å²) in [6.45, 7) is 0. The number of phenols is 1. The van der Waals surface area contributed by atoms with Gasteiger partial charge in [-0.25, -0.2) is 0 Å². The van der Waals surface area contributed by atoms with Gasteiger partial charge < -0.3 is 15.7 Å². The SMILES string of the molecule is N#CC1C[C@@H]2CC2N1C(=O)C(N)Cc1ccc(O)cc1. The average molecular weight is 271 g/mol. The number of nitrogens with zero attached hydrogens (tertiary/aromatic N) is 2. The lowest BCUT2D eigenvalue weighted by Gasteiger charge is -2.26. The van der Waals surface area contributed by atoms with Crippen LogP contribution in [0.4, 0.5) is 0 Å². The summed E-state index contributed by atoms with van der Waals surface area (Å²) in [6.07, 6.45) is 2.22. The first-order chi connectivity index (χ1) is 9.60. The number of amides is 1. The fraction of sp³-hybridized carbons (Fsp3) is 0.467. The van der Waals surface area contributed by atoms with Crippen molar-refractivity contribution in [1.29, 1.82) is 5.26 Å². The van der Waals surface area contributed by atoms with Gasteiger partial charge in [0.2, 0.25) is 5.91 Å². The van der Waals surface area contributed by atoms with Crippen molar-refractivity contribution >= 4 is 5.91 Å². The van der Waals surface area contributed by atoms with Crippen LogP contribution >= 0.6 is 0 Å². The van der Waals surface area contributed by atoms with E-state index in [9.17, 15) is 9.90 Å². The molecule has 3 unspecified atom stereocenters. The third-order valence-electron chi connectivity index (χ3n) is 4.22. The number of hydrogen-bond acceptors (Lipinski definition) is 4. The molecule has 5 heteroatoms. The molecule has 1 aliphatic heterocycles. The van der Waals surface area contributed by atoms with Crippen molar-refractivity contribution in [3.05, 3.63) is 29.8 Å². The highest BCUT2D eigenvalue weighted by atomic mass is 16.3. The summed E-state index contributed by atoms with van der Waals surface area (Å²) < 4.78 is 0. The van der Waals surface area contributed by atoms with E-state index < -0.39 is 6.04 Å². The molecule has 20 heavy (non-hydrogen) atoms. The van der Waals surface area contributed by atoms with Gasteiger partial charge in [0.05, 0.1) is 12.1 Å². The number of aromatic hydroxyl groups is 1. The fourth-order valence-corrected chi connectivity index (χ4v) is 3.05. The van der Waals surface area contributed by atoms with Gasteiger partial charge in [-0.3, -0.25) is 4.79 Å². The predicted octanol–water partition coefficient (Wildman–Crippen LogP) is 0.775. The van der Waals surface area contributed by atoms with Crippen molar-refractivity contribution in [3.63, 3.8) is 0 Å². The number of phenolic OH excluding ortho intramolecular Hbond substituents is 1. The largest absolute Gasteiger partial charge is 0.508 e. The van der Waals surface area contributed by atoms with Gasteiger partial charge in [-0.2, -0.15) is 5.26 Å². The van der Waals surface area contributed by atoms with Crippen LogP contribution in [0.2, 0.25) is 0 Å². The smallest absolute Gasteiger partial charge is 0.241 e. The maximum absolute atomic E-state index is 12.4. The molecule has 1 saturated carbocycles. The minimum atomic E-state index is -0.630. The van der Waals surface area contributed by atoms with Crippen LogP contribution < -0.4 is 5.73 Å². The second kappa shape index (κ2) is 4.80. The van der Waals surface area contributed by atoms with E-state index in [1.807, 2.05) is 0 Å². The van der Waals surface area contributed by atoms with Crippen LogP contribution in [0.5, 0.6) is 5.75 Å². The first kappa shape index (κ1) is 12.9. The Bertz CT molecular complexity index is 563. The van der Waals surface area contributed by atoms with Crippen molar-refractivity contribution in [2.24, 2.45) is 11.7 Å². The van der Waals surface area contributed by atoms with E-state index in [1.165, 1.54) is 0 Å². The Balaban J connectivity index is 1.67. The number of nitriles is 1. The van der Waals surface area contributed by atoms with Gasteiger partial charge in [0.1, 0.15) is 11.8 Å². The minimum Gasteiger partial charge on any atom is -0.508 e. The second-order valence-corrected chi connectivity index (χ2v) is 5.67. The number of likely N-dealkylation sites (tertiary alicyclic amines) is 1. The summed E-state index contributed by atoms with van der Waals surface area (Å²) in [5.74, 6) is 0.567. The topological polar surface area (TPSA) is 90.4 Å². The van der Waals surface area contributed by atoms with Gasteiger partial charge in [0.15, 0.2) is 0 Å². The Hall–Kier alpha value is -2.06. The maximum Gasteiger partial charge on any atom is 0.241 e. The number of carbonyl (C=O) groups is 1. The third-order valence-corrected chi connectivity index (χ3v) is 4.22. The number of nitrogens with two attached hydrogens (primary N) is 1. The standard InChI is InChI=1S/C15H17N3O2/c16-8-11-6-10-7-14(10)18(11)15(20)13(17)5-9-1-3-12(19)4-2-9/h1-4,10-11,13-14,19H,5-7,17H2/t10-,11?,13?,14?/m1/s1. The van der Waals surface area contributed by atoms with Crippen LogP contribution in [0.15, 0.2) is 24.3 Å². The van der Waals surface area contributed by atoms with Crippen molar-refractivity contribution < 1.29 is 9.90 Å². The van der Waals surface area contributed by atoms with E-state index in [0.29, 0.717) is 12.3 Å². The monoisotopic (exact) mass is 271 g/mol. The van der Waals surface area contributed by atoms with Crippen LogP contribution in [0.1, 0.15) is 18.4 Å². The Morgan fingerprint density at radius 1 is 1.45 bits per heavy atom. The molecule has 1 aromatic rings. The molecule has 3 rings (SSSR count). The first-order valence-electron chi connectivity index (χ1n) is 6.85. The van der Waals surface area contributed by atoms with Crippen LogP contribution in [-0.2, 0) is 11.2 Å². The number of piperidine rings is 1. The highest BCUT2D eigenvalue weighted by molar-refractivity contribution is 5.83. The molecule has 0 bridgehead atoms. The molecule has 5 nitrogen and oxygen atoms in total. The van der Waals surface area contributed by atoms with Crippen LogP contribution in [-0.4, -0.2) is 34.0 Å². The summed E-state index contributed by atoms with van der Waals surface area (Å²) in [5, 5.41) is 18.4. The van der Waals surface area contributed by atoms with Crippen LogP contribution in [0.3, 0.4) is 0 Å². The zero-order chi connectivity index (χ0) is 14.3. The summed E-state index contributed by atoms with van der Waals surface area (Å²) in [7, 11) is 0. The summed E-state index contributed by atoms with van der Waals surface area (Å²) in [6, 6.07) is 8.17.